The summed E-state index contributed by atoms with van der Waals surface area (Å²) in [6.45, 7) is 4.90. The van der Waals surface area contributed by atoms with E-state index in [4.69, 9.17) is 9.47 Å². The van der Waals surface area contributed by atoms with Crippen LogP contribution in [0.3, 0.4) is 0 Å². The third-order valence-corrected chi connectivity index (χ3v) is 3.64. The highest BCUT2D eigenvalue weighted by molar-refractivity contribution is 6.02. The van der Waals surface area contributed by atoms with E-state index in [1.807, 2.05) is 32.0 Å². The van der Waals surface area contributed by atoms with Crippen molar-refractivity contribution in [1.29, 1.82) is 0 Å². The van der Waals surface area contributed by atoms with Gasteiger partial charge in [0.2, 0.25) is 5.91 Å². The van der Waals surface area contributed by atoms with Crippen molar-refractivity contribution in [3.63, 3.8) is 0 Å². The van der Waals surface area contributed by atoms with E-state index in [1.54, 1.807) is 37.4 Å². The van der Waals surface area contributed by atoms with Crippen LogP contribution in [0, 0.1) is 0 Å². The molecular weight excluding hydrogens is 344 g/mol. The monoisotopic (exact) mass is 368 g/mol. The molecule has 0 radical (unpaired) electrons. The predicted molar refractivity (Wildman–Crippen MR) is 106 cm³/mol. The molecule has 6 nitrogen and oxygen atoms in total. The van der Waals surface area contributed by atoms with Crippen molar-refractivity contribution in [2.45, 2.75) is 13.8 Å². The minimum absolute atomic E-state index is 0.173. The summed E-state index contributed by atoms with van der Waals surface area (Å²) in [6.07, 6.45) is 3.14. The Balaban J connectivity index is 2.03. The summed E-state index contributed by atoms with van der Waals surface area (Å²) < 4.78 is 11.1. The molecule has 0 heterocycles. The molecule has 0 atom stereocenters. The van der Waals surface area contributed by atoms with Crippen LogP contribution in [0.25, 0.3) is 6.08 Å². The fraction of sp³-hybridized carbons (Fsp3) is 0.238. The van der Waals surface area contributed by atoms with Gasteiger partial charge in [-0.2, -0.15) is 0 Å². The largest absolute Gasteiger partial charge is 0.490 e. The van der Waals surface area contributed by atoms with Gasteiger partial charge in [-0.05, 0) is 61.9 Å². The van der Waals surface area contributed by atoms with Gasteiger partial charge in [-0.25, -0.2) is 0 Å². The maximum atomic E-state index is 12.1. The van der Waals surface area contributed by atoms with E-state index in [9.17, 15) is 9.59 Å². The zero-order valence-corrected chi connectivity index (χ0v) is 15.7. The standard InChI is InChI=1S/C21H24N2O4/c1-4-26-18-12-6-15(14-19(18)27-5-2)7-13-20(24)23-17-10-8-16(9-11-17)21(25)22-3/h6-14H,4-5H2,1-3H3,(H,22,25)(H,23,24)/b13-7+. The maximum Gasteiger partial charge on any atom is 0.251 e. The van der Waals surface area contributed by atoms with Crippen molar-refractivity contribution in [3.05, 3.63) is 59.7 Å². The summed E-state index contributed by atoms with van der Waals surface area (Å²) in [5.41, 5.74) is 1.97. The summed E-state index contributed by atoms with van der Waals surface area (Å²) in [5.74, 6) is 0.881. The minimum Gasteiger partial charge on any atom is -0.490 e. The smallest absolute Gasteiger partial charge is 0.251 e. The summed E-state index contributed by atoms with van der Waals surface area (Å²) >= 11 is 0. The van der Waals surface area contributed by atoms with Crippen LogP contribution in [-0.4, -0.2) is 32.1 Å². The molecule has 0 fully saturated rings. The van der Waals surface area contributed by atoms with Crippen LogP contribution < -0.4 is 20.1 Å². The Morgan fingerprint density at radius 2 is 1.63 bits per heavy atom. The fourth-order valence-corrected chi connectivity index (χ4v) is 2.38. The molecule has 27 heavy (non-hydrogen) atoms. The minimum atomic E-state index is -0.269. The van der Waals surface area contributed by atoms with E-state index in [0.717, 1.165) is 5.56 Å². The second-order valence-corrected chi connectivity index (χ2v) is 5.55. The Morgan fingerprint density at radius 1 is 0.963 bits per heavy atom. The lowest BCUT2D eigenvalue weighted by atomic mass is 10.1. The van der Waals surface area contributed by atoms with Crippen LogP contribution >= 0.6 is 0 Å². The van der Waals surface area contributed by atoms with Gasteiger partial charge in [0.25, 0.3) is 5.91 Å². The molecule has 0 spiro atoms. The van der Waals surface area contributed by atoms with Gasteiger partial charge in [-0.15, -0.1) is 0 Å². The van der Waals surface area contributed by atoms with Gasteiger partial charge in [0.1, 0.15) is 0 Å². The van der Waals surface area contributed by atoms with Crippen LogP contribution in [0.5, 0.6) is 11.5 Å². The van der Waals surface area contributed by atoms with E-state index in [2.05, 4.69) is 10.6 Å². The first-order valence-electron chi connectivity index (χ1n) is 8.78. The quantitative estimate of drug-likeness (QED) is 0.699. The molecule has 0 saturated heterocycles. The Bertz CT molecular complexity index is 813. The number of hydrogen-bond donors (Lipinski definition) is 2. The van der Waals surface area contributed by atoms with Crippen LogP contribution in [0.2, 0.25) is 0 Å². The number of carbonyl (C=O) groups excluding carboxylic acids is 2. The molecule has 2 aromatic carbocycles. The van der Waals surface area contributed by atoms with Crippen LogP contribution in [0.4, 0.5) is 5.69 Å². The average molecular weight is 368 g/mol. The van der Waals surface area contributed by atoms with Gasteiger partial charge >= 0.3 is 0 Å². The predicted octanol–water partition coefficient (Wildman–Crippen LogP) is 3.50. The second-order valence-electron chi connectivity index (χ2n) is 5.55. The van der Waals surface area contributed by atoms with Gasteiger partial charge < -0.3 is 20.1 Å². The van der Waals surface area contributed by atoms with Crippen molar-refractivity contribution in [1.82, 2.24) is 5.32 Å². The van der Waals surface area contributed by atoms with Gasteiger partial charge in [0, 0.05) is 24.4 Å². The molecule has 0 bridgehead atoms. The molecule has 0 aliphatic rings. The van der Waals surface area contributed by atoms with Crippen LogP contribution in [0.15, 0.2) is 48.5 Å². The lowest BCUT2D eigenvalue weighted by Crippen LogP contribution is -2.17. The third-order valence-electron chi connectivity index (χ3n) is 3.64. The lowest BCUT2D eigenvalue weighted by Gasteiger charge is -2.11. The van der Waals surface area contributed by atoms with Crippen LogP contribution in [0.1, 0.15) is 29.8 Å². The zero-order chi connectivity index (χ0) is 19.6. The summed E-state index contributed by atoms with van der Waals surface area (Å²) in [7, 11) is 1.57. The third kappa shape index (κ3) is 5.88. The molecule has 0 aliphatic carbocycles. The average Bonchev–Trinajstić information content (AvgIpc) is 2.68. The normalized spacial score (nSPS) is 10.5. The second kappa shape index (κ2) is 10.0. The Kier molecular flexibility index (Phi) is 7.43. The number of ether oxygens (including phenoxy) is 2. The van der Waals surface area contributed by atoms with E-state index in [0.29, 0.717) is 36.0 Å². The first-order valence-corrected chi connectivity index (χ1v) is 8.78. The molecule has 0 aliphatic heterocycles. The number of amides is 2. The number of rotatable bonds is 8. The van der Waals surface area contributed by atoms with Crippen molar-refractivity contribution < 1.29 is 19.1 Å². The summed E-state index contributed by atoms with van der Waals surface area (Å²) in [4.78, 5) is 23.6. The number of anilines is 1. The molecule has 6 heteroatoms. The van der Waals surface area contributed by atoms with Gasteiger partial charge in [0.15, 0.2) is 11.5 Å². The SMILES string of the molecule is CCOc1ccc(/C=C/C(=O)Nc2ccc(C(=O)NC)cc2)cc1OCC. The molecule has 0 unspecified atom stereocenters. The summed E-state index contributed by atoms with van der Waals surface area (Å²) in [6, 6.07) is 12.2. The molecule has 2 rings (SSSR count). The van der Waals surface area contributed by atoms with Gasteiger partial charge in [-0.1, -0.05) is 6.07 Å². The molecule has 142 valence electrons. The highest BCUT2D eigenvalue weighted by Gasteiger charge is 2.06. The molecule has 0 aromatic heterocycles. The van der Waals surface area contributed by atoms with E-state index >= 15 is 0 Å². The highest BCUT2D eigenvalue weighted by Crippen LogP contribution is 2.29. The van der Waals surface area contributed by atoms with Gasteiger partial charge in [0.05, 0.1) is 13.2 Å². The Hall–Kier alpha value is -3.28. The van der Waals surface area contributed by atoms with E-state index in [-0.39, 0.29) is 11.8 Å². The molecule has 2 N–H and O–H groups in total. The molecular formula is C21H24N2O4. The summed E-state index contributed by atoms with van der Waals surface area (Å²) in [5, 5.41) is 5.30. The van der Waals surface area contributed by atoms with Crippen molar-refractivity contribution in [3.8, 4) is 11.5 Å². The van der Waals surface area contributed by atoms with Crippen molar-refractivity contribution in [2.24, 2.45) is 0 Å². The van der Waals surface area contributed by atoms with Crippen molar-refractivity contribution >= 4 is 23.6 Å². The zero-order valence-electron chi connectivity index (χ0n) is 15.7. The number of nitrogens with one attached hydrogen (secondary N) is 2. The number of carbonyl (C=O) groups is 2. The van der Waals surface area contributed by atoms with E-state index in [1.165, 1.54) is 6.08 Å². The van der Waals surface area contributed by atoms with Crippen LogP contribution in [-0.2, 0) is 4.79 Å². The number of hydrogen-bond acceptors (Lipinski definition) is 4. The fourth-order valence-electron chi connectivity index (χ4n) is 2.38. The molecule has 0 saturated carbocycles. The Labute approximate surface area is 159 Å². The lowest BCUT2D eigenvalue weighted by molar-refractivity contribution is -0.111. The first-order chi connectivity index (χ1) is 13.1. The van der Waals surface area contributed by atoms with E-state index < -0.39 is 0 Å². The topological polar surface area (TPSA) is 76.7 Å². The van der Waals surface area contributed by atoms with Crippen molar-refractivity contribution in [2.75, 3.05) is 25.6 Å². The maximum absolute atomic E-state index is 12.1. The Morgan fingerprint density at radius 3 is 2.26 bits per heavy atom. The number of benzene rings is 2. The molecule has 2 aromatic rings. The van der Waals surface area contributed by atoms with Gasteiger partial charge in [-0.3, -0.25) is 9.59 Å². The molecule has 2 amide bonds. The first kappa shape index (κ1) is 20.0. The highest BCUT2D eigenvalue weighted by atomic mass is 16.5.